The minimum atomic E-state index is -0.669. The quantitative estimate of drug-likeness (QED) is 0.312. The Morgan fingerprint density at radius 1 is 1.32 bits per heavy atom. The van der Waals surface area contributed by atoms with Crippen LogP contribution in [-0.2, 0) is 14.3 Å². The van der Waals surface area contributed by atoms with Crippen LogP contribution in [0.1, 0.15) is 12.7 Å². The van der Waals surface area contributed by atoms with Crippen LogP contribution in [0.4, 0.5) is 10.5 Å². The smallest absolute Gasteiger partial charge is 0.326 e. The van der Waals surface area contributed by atoms with Gasteiger partial charge >= 0.3 is 5.97 Å². The number of non-ortho nitro benzene ring substituents is 1. The lowest BCUT2D eigenvalue weighted by Gasteiger charge is -2.10. The highest BCUT2D eigenvalue weighted by Gasteiger charge is 2.36. The fraction of sp³-hybridized carbons (Fsp3) is 0.167. The number of amides is 2. The van der Waals surface area contributed by atoms with E-state index in [2.05, 4.69) is 0 Å². The Morgan fingerprint density at radius 3 is 2.82 bits per heavy atom. The van der Waals surface area contributed by atoms with Gasteiger partial charge in [0.25, 0.3) is 16.8 Å². The molecular formula is C18H14N2O7S. The minimum absolute atomic E-state index is 0.0736. The van der Waals surface area contributed by atoms with Crippen LogP contribution in [0.3, 0.4) is 0 Å². The number of nitro benzene ring substituents is 1. The molecule has 3 rings (SSSR count). The van der Waals surface area contributed by atoms with Gasteiger partial charge in [-0.1, -0.05) is 12.1 Å². The molecule has 2 heterocycles. The molecule has 1 saturated heterocycles. The fourth-order valence-electron chi connectivity index (χ4n) is 2.46. The average Bonchev–Trinajstić information content (AvgIpc) is 3.23. The van der Waals surface area contributed by atoms with E-state index in [9.17, 15) is 24.5 Å². The number of esters is 1. The van der Waals surface area contributed by atoms with Crippen LogP contribution in [0, 0.1) is 10.1 Å². The van der Waals surface area contributed by atoms with Gasteiger partial charge in [0.1, 0.15) is 18.1 Å². The third kappa shape index (κ3) is 4.12. The molecule has 0 N–H and O–H groups in total. The lowest BCUT2D eigenvalue weighted by molar-refractivity contribution is -0.384. The van der Waals surface area contributed by atoms with Crippen LogP contribution in [0.2, 0.25) is 0 Å². The molecule has 0 saturated carbocycles. The van der Waals surface area contributed by atoms with Crippen LogP contribution in [0.5, 0.6) is 0 Å². The van der Waals surface area contributed by atoms with Crippen molar-refractivity contribution in [3.8, 4) is 11.3 Å². The van der Waals surface area contributed by atoms with Crippen molar-refractivity contribution in [2.45, 2.75) is 6.92 Å². The lowest BCUT2D eigenvalue weighted by atomic mass is 10.1. The van der Waals surface area contributed by atoms with Gasteiger partial charge in [0.2, 0.25) is 0 Å². The Balaban J connectivity index is 1.79. The predicted molar refractivity (Wildman–Crippen MR) is 100 cm³/mol. The second kappa shape index (κ2) is 8.09. The van der Waals surface area contributed by atoms with Gasteiger partial charge in [-0.3, -0.25) is 29.4 Å². The van der Waals surface area contributed by atoms with Gasteiger partial charge in [0.15, 0.2) is 0 Å². The molecule has 1 aromatic heterocycles. The van der Waals surface area contributed by atoms with E-state index in [1.807, 2.05) is 0 Å². The number of thioether (sulfide) groups is 1. The zero-order valence-corrected chi connectivity index (χ0v) is 15.4. The Kier molecular flexibility index (Phi) is 5.59. The molecule has 1 aliphatic rings. The van der Waals surface area contributed by atoms with E-state index in [1.54, 1.807) is 25.1 Å². The molecule has 2 aromatic rings. The summed E-state index contributed by atoms with van der Waals surface area (Å²) in [5.41, 5.74) is 0.430. The maximum atomic E-state index is 12.3. The summed E-state index contributed by atoms with van der Waals surface area (Å²) in [6.45, 7) is 1.33. The van der Waals surface area contributed by atoms with E-state index in [0.29, 0.717) is 28.8 Å². The molecule has 0 spiro atoms. The monoisotopic (exact) mass is 402 g/mol. The Labute approximate surface area is 163 Å². The van der Waals surface area contributed by atoms with E-state index >= 15 is 0 Å². The van der Waals surface area contributed by atoms with Crippen molar-refractivity contribution in [2.24, 2.45) is 0 Å². The van der Waals surface area contributed by atoms with Crippen LogP contribution in [-0.4, -0.2) is 40.1 Å². The van der Waals surface area contributed by atoms with E-state index in [4.69, 9.17) is 9.15 Å². The maximum absolute atomic E-state index is 12.3. The first-order valence-electron chi connectivity index (χ1n) is 8.14. The molecule has 0 bridgehead atoms. The summed E-state index contributed by atoms with van der Waals surface area (Å²) in [6.07, 6.45) is 1.39. The summed E-state index contributed by atoms with van der Waals surface area (Å²) < 4.78 is 10.4. The lowest BCUT2D eigenvalue weighted by Crippen LogP contribution is -2.34. The second-order valence-electron chi connectivity index (χ2n) is 5.58. The normalized spacial score (nSPS) is 15.3. The highest BCUT2D eigenvalue weighted by atomic mass is 32.2. The molecule has 10 heteroatoms. The number of benzene rings is 1. The van der Waals surface area contributed by atoms with Crippen molar-refractivity contribution in [2.75, 3.05) is 13.2 Å². The molecule has 1 aromatic carbocycles. The Hall–Kier alpha value is -3.40. The number of ether oxygens (including phenoxy) is 1. The molecule has 0 atom stereocenters. The molecule has 144 valence electrons. The first-order chi connectivity index (χ1) is 13.4. The van der Waals surface area contributed by atoms with Gasteiger partial charge in [-0.05, 0) is 30.8 Å². The molecular weight excluding hydrogens is 388 g/mol. The maximum Gasteiger partial charge on any atom is 0.326 e. The summed E-state index contributed by atoms with van der Waals surface area (Å²) in [4.78, 5) is 47.1. The van der Waals surface area contributed by atoms with Gasteiger partial charge in [-0.15, -0.1) is 0 Å². The number of hydrogen-bond acceptors (Lipinski definition) is 8. The molecule has 0 unspecified atom stereocenters. The number of carbonyl (C=O) groups is 3. The van der Waals surface area contributed by atoms with Gasteiger partial charge in [-0.25, -0.2) is 0 Å². The summed E-state index contributed by atoms with van der Waals surface area (Å²) in [7, 11) is 0. The minimum Gasteiger partial charge on any atom is -0.465 e. The van der Waals surface area contributed by atoms with Crippen LogP contribution in [0.25, 0.3) is 17.4 Å². The predicted octanol–water partition coefficient (Wildman–Crippen LogP) is 3.45. The van der Waals surface area contributed by atoms with Crippen LogP contribution in [0.15, 0.2) is 45.7 Å². The average molecular weight is 402 g/mol. The number of furan rings is 1. The SMILES string of the molecule is CCOC(=O)CN1C(=O)S/C(=C\c2ccc(-c3cccc([N+](=O)[O-])c3)o2)C1=O. The summed E-state index contributed by atoms with van der Waals surface area (Å²) in [5.74, 6) is -0.614. The number of rotatable bonds is 6. The number of carbonyl (C=O) groups excluding carboxylic acids is 3. The molecule has 28 heavy (non-hydrogen) atoms. The highest BCUT2D eigenvalue weighted by Crippen LogP contribution is 2.33. The number of hydrogen-bond donors (Lipinski definition) is 0. The molecule has 0 aliphatic carbocycles. The van der Waals surface area contributed by atoms with Crippen LogP contribution >= 0.6 is 11.8 Å². The first-order valence-corrected chi connectivity index (χ1v) is 8.96. The van der Waals surface area contributed by atoms with E-state index in [-0.39, 0.29) is 17.2 Å². The van der Waals surface area contributed by atoms with Gasteiger partial charge < -0.3 is 9.15 Å². The van der Waals surface area contributed by atoms with Crippen molar-refractivity contribution in [3.05, 3.63) is 57.2 Å². The van der Waals surface area contributed by atoms with Gasteiger partial charge in [-0.2, -0.15) is 0 Å². The van der Waals surface area contributed by atoms with E-state index in [1.165, 1.54) is 24.3 Å². The molecule has 1 fully saturated rings. The summed E-state index contributed by atoms with van der Waals surface area (Å²) in [6, 6.07) is 9.11. The number of nitrogens with zero attached hydrogens (tertiary/aromatic N) is 2. The second-order valence-corrected chi connectivity index (χ2v) is 6.58. The number of imide groups is 1. The molecule has 2 amide bonds. The van der Waals surface area contributed by atoms with Crippen molar-refractivity contribution >= 4 is 40.6 Å². The molecule has 0 radical (unpaired) electrons. The van der Waals surface area contributed by atoms with Gasteiger partial charge in [0.05, 0.1) is 16.4 Å². The van der Waals surface area contributed by atoms with Gasteiger partial charge in [0, 0.05) is 23.8 Å². The summed E-state index contributed by atoms with van der Waals surface area (Å²) >= 11 is 0.690. The third-order valence-corrected chi connectivity index (χ3v) is 4.62. The van der Waals surface area contributed by atoms with Crippen molar-refractivity contribution < 1.29 is 28.5 Å². The molecule has 1 aliphatic heterocycles. The van der Waals surface area contributed by atoms with Crippen molar-refractivity contribution in [1.29, 1.82) is 0 Å². The van der Waals surface area contributed by atoms with Crippen LogP contribution < -0.4 is 0 Å². The van der Waals surface area contributed by atoms with E-state index in [0.717, 1.165) is 4.90 Å². The third-order valence-electron chi connectivity index (χ3n) is 3.71. The van der Waals surface area contributed by atoms with Crippen molar-refractivity contribution in [1.82, 2.24) is 4.90 Å². The largest absolute Gasteiger partial charge is 0.465 e. The number of nitro groups is 1. The zero-order chi connectivity index (χ0) is 20.3. The Morgan fingerprint density at radius 2 is 2.11 bits per heavy atom. The first kappa shape index (κ1) is 19.4. The highest BCUT2D eigenvalue weighted by molar-refractivity contribution is 8.18. The Bertz CT molecular complexity index is 995. The zero-order valence-electron chi connectivity index (χ0n) is 14.6. The summed E-state index contributed by atoms with van der Waals surface area (Å²) in [5, 5.41) is 10.3. The fourth-order valence-corrected chi connectivity index (χ4v) is 3.28. The topological polar surface area (TPSA) is 120 Å². The van der Waals surface area contributed by atoms with E-state index < -0.39 is 28.6 Å². The standard InChI is InChI=1S/C18H14N2O7S/c1-2-26-16(21)10-19-17(22)15(28-18(19)23)9-13-6-7-14(27-13)11-4-3-5-12(8-11)20(24)25/h3-9H,2,10H2,1H3/b15-9-. The van der Waals surface area contributed by atoms with Crippen molar-refractivity contribution in [3.63, 3.8) is 0 Å². The molecule has 9 nitrogen and oxygen atoms in total.